The van der Waals surface area contributed by atoms with Gasteiger partial charge in [0.25, 0.3) is 0 Å². The first-order valence-corrected chi connectivity index (χ1v) is 5.07. The van der Waals surface area contributed by atoms with E-state index in [0.717, 1.165) is 0 Å². The fourth-order valence-corrected chi connectivity index (χ4v) is 1.43. The van der Waals surface area contributed by atoms with Crippen molar-refractivity contribution in [2.24, 2.45) is 0 Å². The Bertz CT molecular complexity index is 307. The molecule has 62 valence electrons. The van der Waals surface area contributed by atoms with Gasteiger partial charge in [-0.1, -0.05) is 18.2 Å². The van der Waals surface area contributed by atoms with Crippen molar-refractivity contribution in [1.82, 2.24) is 0 Å². The summed E-state index contributed by atoms with van der Waals surface area (Å²) in [4.78, 5) is 0.296. The monoisotopic (exact) mass is 212 g/mol. The summed E-state index contributed by atoms with van der Waals surface area (Å²) in [5, 5.41) is 0. The van der Waals surface area contributed by atoms with Gasteiger partial charge < -0.3 is 12.0 Å². The minimum absolute atomic E-state index is 0. The van der Waals surface area contributed by atoms with Gasteiger partial charge in [0.2, 0.25) is 0 Å². The SMILES string of the molecule is O=S(O)(=S)c1ccccc1.[CH3-].[Na+]. The molecule has 0 heterocycles. The average molecular weight is 212 g/mol. The number of benzene rings is 1. The molecule has 0 aromatic heterocycles. The Morgan fingerprint density at radius 3 is 1.92 bits per heavy atom. The maximum absolute atomic E-state index is 10.8. The van der Waals surface area contributed by atoms with Crippen molar-refractivity contribution in [3.05, 3.63) is 37.8 Å². The van der Waals surface area contributed by atoms with Crippen molar-refractivity contribution in [3.63, 3.8) is 0 Å². The van der Waals surface area contributed by atoms with Gasteiger partial charge in [-0.05, 0) is 12.1 Å². The van der Waals surface area contributed by atoms with E-state index in [1.54, 1.807) is 18.2 Å². The van der Waals surface area contributed by atoms with Crippen LogP contribution in [0, 0.1) is 7.43 Å². The molecule has 0 saturated carbocycles. The van der Waals surface area contributed by atoms with Gasteiger partial charge in [0, 0.05) is 11.2 Å². The first kappa shape index (κ1) is 15.0. The molecule has 0 fully saturated rings. The van der Waals surface area contributed by atoms with Crippen LogP contribution in [0.25, 0.3) is 0 Å². The van der Waals surface area contributed by atoms with E-state index < -0.39 is 8.77 Å². The Kier molecular flexibility index (Phi) is 7.61. The van der Waals surface area contributed by atoms with Crippen LogP contribution in [-0.2, 0) is 20.0 Å². The van der Waals surface area contributed by atoms with E-state index >= 15 is 0 Å². The summed E-state index contributed by atoms with van der Waals surface area (Å²) in [5.74, 6) is 0. The zero-order valence-electron chi connectivity index (χ0n) is 7.06. The topological polar surface area (TPSA) is 37.3 Å². The third-order valence-electron chi connectivity index (χ3n) is 1.04. The standard InChI is InChI=1S/C6H6O2S2.CH3.Na/c7-10(8,9)6-4-2-1-3-5-6;;/h1-5H,(H,7,8,9);1H3;/q;-1;+1. The Labute approximate surface area is 100 Å². The molecular weight excluding hydrogens is 203 g/mol. The molecule has 0 aliphatic rings. The Balaban J connectivity index is 0. The van der Waals surface area contributed by atoms with Crippen LogP contribution >= 0.6 is 0 Å². The van der Waals surface area contributed by atoms with E-state index in [9.17, 15) is 4.21 Å². The largest absolute Gasteiger partial charge is 1.00 e. The summed E-state index contributed by atoms with van der Waals surface area (Å²) in [6.45, 7) is 0. The predicted molar refractivity (Wildman–Crippen MR) is 49.3 cm³/mol. The van der Waals surface area contributed by atoms with Crippen molar-refractivity contribution in [2.45, 2.75) is 4.90 Å². The molecule has 1 N–H and O–H groups in total. The Hall–Kier alpha value is 0.550. The average Bonchev–Trinajstić information content (AvgIpc) is 1.88. The summed E-state index contributed by atoms with van der Waals surface area (Å²) >= 11 is 4.33. The minimum atomic E-state index is -3.17. The zero-order chi connectivity index (χ0) is 7.61. The first-order chi connectivity index (χ1) is 4.61. The normalized spacial score (nSPS) is 13.4. The number of hydrogen-bond acceptors (Lipinski definition) is 2. The van der Waals surface area contributed by atoms with E-state index in [0.29, 0.717) is 4.90 Å². The quantitative estimate of drug-likeness (QED) is 0.465. The molecule has 2 nitrogen and oxygen atoms in total. The Morgan fingerprint density at radius 1 is 1.25 bits per heavy atom. The molecule has 0 bridgehead atoms. The summed E-state index contributed by atoms with van der Waals surface area (Å²) in [5.41, 5.74) is 0. The molecular formula is C7H9NaO2S2. The van der Waals surface area contributed by atoms with Crippen molar-refractivity contribution < 1.29 is 38.3 Å². The maximum atomic E-state index is 10.8. The molecule has 0 spiro atoms. The van der Waals surface area contributed by atoms with E-state index in [1.807, 2.05) is 0 Å². The van der Waals surface area contributed by atoms with Crippen molar-refractivity contribution >= 4 is 20.0 Å². The fraction of sp³-hybridized carbons (Fsp3) is 0. The Morgan fingerprint density at radius 2 is 1.67 bits per heavy atom. The fourth-order valence-electron chi connectivity index (χ4n) is 0.592. The first-order valence-electron chi connectivity index (χ1n) is 2.63. The number of hydrogen-bond donors (Lipinski definition) is 1. The van der Waals surface area contributed by atoms with Gasteiger partial charge in [0.1, 0.15) is 0 Å². The second kappa shape index (κ2) is 6.07. The van der Waals surface area contributed by atoms with Gasteiger partial charge in [-0.15, -0.1) is 0 Å². The van der Waals surface area contributed by atoms with E-state index in [4.69, 9.17) is 4.55 Å². The summed E-state index contributed by atoms with van der Waals surface area (Å²) in [6.07, 6.45) is 0. The van der Waals surface area contributed by atoms with Gasteiger partial charge >= 0.3 is 29.6 Å². The summed E-state index contributed by atoms with van der Waals surface area (Å²) < 4.78 is 19.6. The van der Waals surface area contributed by atoms with Crippen LogP contribution in [0.4, 0.5) is 0 Å². The van der Waals surface area contributed by atoms with E-state index in [-0.39, 0.29) is 37.0 Å². The molecule has 0 aliphatic heterocycles. The van der Waals surface area contributed by atoms with Gasteiger partial charge in [-0.3, -0.25) is 0 Å². The van der Waals surface area contributed by atoms with Crippen molar-refractivity contribution in [2.75, 3.05) is 0 Å². The molecule has 5 heteroatoms. The maximum Gasteiger partial charge on any atom is 1.00 e. The van der Waals surface area contributed by atoms with E-state index in [1.165, 1.54) is 12.1 Å². The molecule has 1 atom stereocenters. The molecule has 0 saturated heterocycles. The van der Waals surface area contributed by atoms with Crippen molar-refractivity contribution in [3.8, 4) is 0 Å². The third-order valence-corrected chi connectivity index (χ3v) is 2.49. The molecule has 0 amide bonds. The molecule has 1 unspecified atom stereocenters. The van der Waals surface area contributed by atoms with Crippen LogP contribution in [0.3, 0.4) is 0 Å². The van der Waals surface area contributed by atoms with Crippen LogP contribution in [0.1, 0.15) is 0 Å². The second-order valence-corrected chi connectivity index (χ2v) is 4.57. The third kappa shape index (κ3) is 4.54. The summed E-state index contributed by atoms with van der Waals surface area (Å²) in [6, 6.07) is 8.20. The summed E-state index contributed by atoms with van der Waals surface area (Å²) in [7, 11) is -3.17. The van der Waals surface area contributed by atoms with Crippen LogP contribution in [0.2, 0.25) is 0 Å². The molecule has 0 radical (unpaired) electrons. The van der Waals surface area contributed by atoms with Gasteiger partial charge in [-0.25, -0.2) is 4.21 Å². The predicted octanol–water partition coefficient (Wildman–Crippen LogP) is -1.28. The van der Waals surface area contributed by atoms with Gasteiger partial charge in [0.15, 0.2) is 8.77 Å². The van der Waals surface area contributed by atoms with Crippen LogP contribution in [0.15, 0.2) is 35.2 Å². The second-order valence-electron chi connectivity index (χ2n) is 1.79. The molecule has 1 rings (SSSR count). The number of rotatable bonds is 1. The molecule has 1 aromatic carbocycles. The zero-order valence-corrected chi connectivity index (χ0v) is 10.7. The van der Waals surface area contributed by atoms with Crippen molar-refractivity contribution in [1.29, 1.82) is 0 Å². The van der Waals surface area contributed by atoms with Crippen LogP contribution in [0.5, 0.6) is 0 Å². The van der Waals surface area contributed by atoms with Gasteiger partial charge in [-0.2, -0.15) is 0 Å². The minimum Gasteiger partial charge on any atom is -0.358 e. The van der Waals surface area contributed by atoms with Gasteiger partial charge in [0.05, 0.1) is 4.90 Å². The molecule has 0 aliphatic carbocycles. The smallest absolute Gasteiger partial charge is 0.358 e. The van der Waals surface area contributed by atoms with Crippen LogP contribution < -0.4 is 29.6 Å². The molecule has 12 heavy (non-hydrogen) atoms. The molecule has 1 aromatic rings. The van der Waals surface area contributed by atoms with E-state index in [2.05, 4.69) is 11.2 Å². The van der Waals surface area contributed by atoms with Crippen LogP contribution in [-0.4, -0.2) is 8.76 Å².